The van der Waals surface area contributed by atoms with Crippen LogP contribution in [0.3, 0.4) is 0 Å². The van der Waals surface area contributed by atoms with Crippen molar-refractivity contribution in [2.24, 2.45) is 5.41 Å². The Labute approximate surface area is 122 Å². The predicted molar refractivity (Wildman–Crippen MR) is 86.7 cm³/mol. The molecule has 1 nitrogen and oxygen atoms in total. The topological polar surface area (TPSA) is 9.23 Å². The zero-order chi connectivity index (χ0) is 14.4. The van der Waals surface area contributed by atoms with Crippen LogP contribution in [0.25, 0.3) is 0 Å². The summed E-state index contributed by atoms with van der Waals surface area (Å²) in [7, 11) is 0. The summed E-state index contributed by atoms with van der Waals surface area (Å²) in [4.78, 5) is 0. The minimum atomic E-state index is 0.524. The molecule has 0 radical (unpaired) electrons. The molecule has 0 amide bonds. The highest BCUT2D eigenvalue weighted by molar-refractivity contribution is 4.74. The van der Waals surface area contributed by atoms with E-state index in [-0.39, 0.29) is 0 Å². The van der Waals surface area contributed by atoms with Crippen molar-refractivity contribution >= 4 is 0 Å². The van der Waals surface area contributed by atoms with Gasteiger partial charge in [-0.3, -0.25) is 0 Å². The maximum atomic E-state index is 5.70. The van der Waals surface area contributed by atoms with Crippen molar-refractivity contribution in [2.45, 2.75) is 98.3 Å². The fourth-order valence-electron chi connectivity index (χ4n) is 2.70. The third-order valence-corrected chi connectivity index (χ3v) is 4.22. The SMILES string of the molecule is CCCCCCCC(C)(CCCC)CCOCCC. The van der Waals surface area contributed by atoms with Crippen LogP contribution < -0.4 is 0 Å². The van der Waals surface area contributed by atoms with Gasteiger partial charge in [-0.2, -0.15) is 0 Å². The summed E-state index contributed by atoms with van der Waals surface area (Å²) in [6.45, 7) is 11.1. The standard InChI is InChI=1S/C18H38O/c1-5-8-10-11-12-14-18(4,13-9-6-2)15-17-19-16-7-3/h5-17H2,1-4H3. The first-order chi connectivity index (χ1) is 9.18. The number of hydrogen-bond donors (Lipinski definition) is 0. The Bertz CT molecular complexity index is 179. The molecule has 0 aromatic heterocycles. The third kappa shape index (κ3) is 11.5. The van der Waals surface area contributed by atoms with Crippen LogP contribution in [0.5, 0.6) is 0 Å². The second kappa shape index (κ2) is 13.0. The van der Waals surface area contributed by atoms with Gasteiger partial charge >= 0.3 is 0 Å². The van der Waals surface area contributed by atoms with Gasteiger partial charge in [0.1, 0.15) is 0 Å². The molecule has 0 fully saturated rings. The Balaban J connectivity index is 3.88. The molecule has 0 aliphatic rings. The molecule has 19 heavy (non-hydrogen) atoms. The van der Waals surface area contributed by atoms with E-state index in [2.05, 4.69) is 27.7 Å². The first-order valence-electron chi connectivity index (χ1n) is 8.76. The molecule has 0 saturated heterocycles. The second-order valence-electron chi connectivity index (χ2n) is 6.44. The summed E-state index contributed by atoms with van der Waals surface area (Å²) < 4.78 is 5.70. The van der Waals surface area contributed by atoms with E-state index in [4.69, 9.17) is 4.74 Å². The highest BCUT2D eigenvalue weighted by atomic mass is 16.5. The molecule has 0 aromatic rings. The van der Waals surface area contributed by atoms with Crippen LogP contribution in [0.1, 0.15) is 98.3 Å². The lowest BCUT2D eigenvalue weighted by molar-refractivity contribution is 0.0900. The van der Waals surface area contributed by atoms with E-state index >= 15 is 0 Å². The Morgan fingerprint density at radius 2 is 1.26 bits per heavy atom. The molecule has 0 spiro atoms. The molecule has 0 heterocycles. The average molecular weight is 271 g/mol. The van der Waals surface area contributed by atoms with Gasteiger partial charge in [0.2, 0.25) is 0 Å². The third-order valence-electron chi connectivity index (χ3n) is 4.22. The van der Waals surface area contributed by atoms with Gasteiger partial charge in [0.25, 0.3) is 0 Å². The van der Waals surface area contributed by atoms with Crippen molar-refractivity contribution in [3.8, 4) is 0 Å². The molecule has 1 heteroatoms. The number of hydrogen-bond acceptors (Lipinski definition) is 1. The summed E-state index contributed by atoms with van der Waals surface area (Å²) in [5.41, 5.74) is 0.524. The lowest BCUT2D eigenvalue weighted by Crippen LogP contribution is -2.19. The highest BCUT2D eigenvalue weighted by Crippen LogP contribution is 2.34. The van der Waals surface area contributed by atoms with Crippen LogP contribution in [-0.4, -0.2) is 13.2 Å². The van der Waals surface area contributed by atoms with Gasteiger partial charge in [0.15, 0.2) is 0 Å². The molecular weight excluding hydrogens is 232 g/mol. The van der Waals surface area contributed by atoms with Crippen molar-refractivity contribution < 1.29 is 4.74 Å². The van der Waals surface area contributed by atoms with E-state index in [0.29, 0.717) is 5.41 Å². The Kier molecular flexibility index (Phi) is 12.9. The van der Waals surface area contributed by atoms with Crippen LogP contribution in [0, 0.1) is 5.41 Å². The molecular formula is C18H38O. The van der Waals surface area contributed by atoms with Crippen molar-refractivity contribution in [2.75, 3.05) is 13.2 Å². The lowest BCUT2D eigenvalue weighted by Gasteiger charge is -2.30. The molecule has 0 bridgehead atoms. The van der Waals surface area contributed by atoms with Gasteiger partial charge in [0.05, 0.1) is 0 Å². The highest BCUT2D eigenvalue weighted by Gasteiger charge is 2.22. The largest absolute Gasteiger partial charge is 0.381 e. The van der Waals surface area contributed by atoms with Crippen molar-refractivity contribution in [3.05, 3.63) is 0 Å². The zero-order valence-corrected chi connectivity index (χ0v) is 14.1. The Morgan fingerprint density at radius 3 is 1.89 bits per heavy atom. The quantitative estimate of drug-likeness (QED) is 0.334. The monoisotopic (exact) mass is 270 g/mol. The van der Waals surface area contributed by atoms with Gasteiger partial charge in [-0.1, -0.05) is 72.6 Å². The van der Waals surface area contributed by atoms with Gasteiger partial charge in [-0.15, -0.1) is 0 Å². The van der Waals surface area contributed by atoms with Gasteiger partial charge in [0, 0.05) is 13.2 Å². The van der Waals surface area contributed by atoms with Gasteiger partial charge in [-0.05, 0) is 31.1 Å². The molecule has 0 N–H and O–H groups in total. The summed E-state index contributed by atoms with van der Waals surface area (Å²) in [5.74, 6) is 0. The normalized spacial score (nSPS) is 14.5. The fraction of sp³-hybridized carbons (Fsp3) is 1.00. The number of rotatable bonds is 14. The Hall–Kier alpha value is -0.0400. The minimum absolute atomic E-state index is 0.524. The molecule has 0 rings (SSSR count). The predicted octanol–water partition coefficient (Wildman–Crippen LogP) is 6.36. The second-order valence-corrected chi connectivity index (χ2v) is 6.44. The van der Waals surface area contributed by atoms with E-state index in [1.807, 2.05) is 0 Å². The van der Waals surface area contributed by atoms with E-state index in [1.54, 1.807) is 0 Å². The van der Waals surface area contributed by atoms with Crippen LogP contribution in [0.4, 0.5) is 0 Å². The first kappa shape index (κ1) is 19.0. The fourth-order valence-corrected chi connectivity index (χ4v) is 2.70. The van der Waals surface area contributed by atoms with Gasteiger partial charge in [-0.25, -0.2) is 0 Å². The van der Waals surface area contributed by atoms with Gasteiger partial charge < -0.3 is 4.74 Å². The first-order valence-corrected chi connectivity index (χ1v) is 8.76. The number of ether oxygens (including phenoxy) is 1. The van der Waals surface area contributed by atoms with Crippen molar-refractivity contribution in [3.63, 3.8) is 0 Å². The van der Waals surface area contributed by atoms with Crippen LogP contribution in [-0.2, 0) is 4.74 Å². The molecule has 116 valence electrons. The van der Waals surface area contributed by atoms with Crippen LogP contribution in [0.2, 0.25) is 0 Å². The molecule has 0 saturated carbocycles. The van der Waals surface area contributed by atoms with E-state index in [0.717, 1.165) is 19.6 Å². The maximum Gasteiger partial charge on any atom is 0.0471 e. The Morgan fingerprint density at radius 1 is 0.632 bits per heavy atom. The summed E-state index contributed by atoms with van der Waals surface area (Å²) in [6.07, 6.45) is 14.9. The minimum Gasteiger partial charge on any atom is -0.381 e. The molecule has 1 unspecified atom stereocenters. The van der Waals surface area contributed by atoms with Crippen molar-refractivity contribution in [1.82, 2.24) is 0 Å². The average Bonchev–Trinajstić information content (AvgIpc) is 2.41. The lowest BCUT2D eigenvalue weighted by atomic mass is 9.77. The molecule has 0 aliphatic carbocycles. The van der Waals surface area contributed by atoms with Crippen LogP contribution in [0.15, 0.2) is 0 Å². The van der Waals surface area contributed by atoms with E-state index in [1.165, 1.54) is 64.2 Å². The van der Waals surface area contributed by atoms with E-state index in [9.17, 15) is 0 Å². The smallest absolute Gasteiger partial charge is 0.0471 e. The summed E-state index contributed by atoms with van der Waals surface area (Å²) in [5, 5.41) is 0. The molecule has 0 aliphatic heterocycles. The molecule has 1 atom stereocenters. The molecule has 0 aromatic carbocycles. The maximum absolute atomic E-state index is 5.70. The number of unbranched alkanes of at least 4 members (excludes halogenated alkanes) is 5. The van der Waals surface area contributed by atoms with Crippen LogP contribution >= 0.6 is 0 Å². The van der Waals surface area contributed by atoms with E-state index < -0.39 is 0 Å². The van der Waals surface area contributed by atoms with Crippen molar-refractivity contribution in [1.29, 1.82) is 0 Å². The summed E-state index contributed by atoms with van der Waals surface area (Å²) in [6, 6.07) is 0. The zero-order valence-electron chi connectivity index (χ0n) is 14.1. The summed E-state index contributed by atoms with van der Waals surface area (Å²) >= 11 is 0.